The molecule has 110 valence electrons. The molecular formula is C15H22BrN3O. The SMILES string of the molecule is CC1(C)CN(c2ccc(C(=N)N)c(Br)c2)CC(C)(C)O1. The van der Waals surface area contributed by atoms with Crippen LogP contribution in [-0.4, -0.2) is 30.1 Å². The van der Waals surface area contributed by atoms with Crippen molar-refractivity contribution in [2.24, 2.45) is 5.73 Å². The fraction of sp³-hybridized carbons (Fsp3) is 0.533. The number of nitrogens with one attached hydrogen (secondary N) is 1. The van der Waals surface area contributed by atoms with Gasteiger partial charge in [-0.05, 0) is 61.8 Å². The monoisotopic (exact) mass is 339 g/mol. The van der Waals surface area contributed by atoms with Gasteiger partial charge in [0.15, 0.2) is 0 Å². The normalized spacial score (nSPS) is 20.8. The van der Waals surface area contributed by atoms with Crippen molar-refractivity contribution in [3.05, 3.63) is 28.2 Å². The second kappa shape index (κ2) is 5.04. The highest BCUT2D eigenvalue weighted by Crippen LogP contribution is 2.33. The lowest BCUT2D eigenvalue weighted by molar-refractivity contribution is -0.133. The molecule has 0 saturated carbocycles. The summed E-state index contributed by atoms with van der Waals surface area (Å²) >= 11 is 3.49. The topological polar surface area (TPSA) is 62.3 Å². The van der Waals surface area contributed by atoms with E-state index in [1.165, 1.54) is 0 Å². The molecule has 0 unspecified atom stereocenters. The predicted octanol–water partition coefficient (Wildman–Crippen LogP) is 3.13. The van der Waals surface area contributed by atoms with Crippen LogP contribution in [0, 0.1) is 5.41 Å². The smallest absolute Gasteiger partial charge is 0.123 e. The minimum atomic E-state index is -0.187. The van der Waals surface area contributed by atoms with E-state index in [1.807, 2.05) is 18.2 Å². The molecule has 1 heterocycles. The Morgan fingerprint density at radius 2 is 1.80 bits per heavy atom. The van der Waals surface area contributed by atoms with E-state index in [2.05, 4.69) is 48.5 Å². The lowest BCUT2D eigenvalue weighted by Crippen LogP contribution is -2.57. The molecule has 20 heavy (non-hydrogen) atoms. The van der Waals surface area contributed by atoms with E-state index in [4.69, 9.17) is 15.9 Å². The lowest BCUT2D eigenvalue weighted by atomic mass is 9.98. The van der Waals surface area contributed by atoms with Gasteiger partial charge in [-0.15, -0.1) is 0 Å². The molecule has 1 fully saturated rings. The zero-order valence-corrected chi connectivity index (χ0v) is 14.0. The van der Waals surface area contributed by atoms with Crippen LogP contribution in [0.25, 0.3) is 0 Å². The van der Waals surface area contributed by atoms with Crippen LogP contribution in [0.5, 0.6) is 0 Å². The van der Waals surface area contributed by atoms with Gasteiger partial charge in [-0.2, -0.15) is 0 Å². The molecule has 3 N–H and O–H groups in total. The molecule has 5 heteroatoms. The molecule has 0 spiro atoms. The van der Waals surface area contributed by atoms with Crippen molar-refractivity contribution in [3.8, 4) is 0 Å². The molecule has 1 aromatic carbocycles. The third kappa shape index (κ3) is 3.33. The second-order valence-electron chi connectivity index (χ2n) is 6.56. The molecule has 1 aliphatic rings. The molecule has 0 bridgehead atoms. The van der Waals surface area contributed by atoms with E-state index in [-0.39, 0.29) is 17.0 Å². The number of morpholine rings is 1. The predicted molar refractivity (Wildman–Crippen MR) is 86.6 cm³/mol. The van der Waals surface area contributed by atoms with Gasteiger partial charge in [-0.3, -0.25) is 5.41 Å². The maximum atomic E-state index is 7.53. The first kappa shape index (κ1) is 15.3. The van der Waals surface area contributed by atoms with Gasteiger partial charge in [-0.25, -0.2) is 0 Å². The number of nitrogens with zero attached hydrogens (tertiary/aromatic N) is 1. The van der Waals surface area contributed by atoms with E-state index in [9.17, 15) is 0 Å². The van der Waals surface area contributed by atoms with Crippen molar-refractivity contribution in [2.75, 3.05) is 18.0 Å². The van der Waals surface area contributed by atoms with Crippen molar-refractivity contribution < 1.29 is 4.74 Å². The Hall–Kier alpha value is -1.07. The fourth-order valence-corrected chi connectivity index (χ4v) is 3.47. The van der Waals surface area contributed by atoms with Crippen LogP contribution in [0.1, 0.15) is 33.3 Å². The molecule has 2 rings (SSSR count). The molecule has 1 aromatic rings. The summed E-state index contributed by atoms with van der Waals surface area (Å²) < 4.78 is 6.95. The number of nitrogen functional groups attached to an aromatic ring is 1. The summed E-state index contributed by atoms with van der Waals surface area (Å²) in [5.74, 6) is 0.0751. The van der Waals surface area contributed by atoms with E-state index in [0.717, 1.165) is 28.8 Å². The van der Waals surface area contributed by atoms with E-state index in [1.54, 1.807) is 0 Å². The summed E-state index contributed by atoms with van der Waals surface area (Å²) in [4.78, 5) is 2.32. The zero-order chi connectivity index (χ0) is 15.1. The largest absolute Gasteiger partial charge is 0.384 e. The summed E-state index contributed by atoms with van der Waals surface area (Å²) in [5, 5.41) is 7.53. The Morgan fingerprint density at radius 1 is 1.25 bits per heavy atom. The van der Waals surface area contributed by atoms with Crippen LogP contribution in [0.2, 0.25) is 0 Å². The quantitative estimate of drug-likeness (QED) is 0.642. The molecule has 0 aromatic heterocycles. The van der Waals surface area contributed by atoms with Gasteiger partial charge < -0.3 is 15.4 Å². The van der Waals surface area contributed by atoms with Crippen molar-refractivity contribution in [1.29, 1.82) is 5.41 Å². The summed E-state index contributed by atoms with van der Waals surface area (Å²) in [6, 6.07) is 5.92. The van der Waals surface area contributed by atoms with Gasteiger partial charge in [-0.1, -0.05) is 0 Å². The second-order valence-corrected chi connectivity index (χ2v) is 7.41. The van der Waals surface area contributed by atoms with Crippen LogP contribution in [0.3, 0.4) is 0 Å². The van der Waals surface area contributed by atoms with Gasteiger partial charge in [0.2, 0.25) is 0 Å². The minimum Gasteiger partial charge on any atom is -0.384 e. The van der Waals surface area contributed by atoms with Crippen molar-refractivity contribution >= 4 is 27.5 Å². The molecule has 0 amide bonds. The number of benzene rings is 1. The molecule has 0 radical (unpaired) electrons. The standard InChI is InChI=1S/C15H22BrN3O/c1-14(2)8-19(9-15(3,4)20-14)10-5-6-11(13(17)18)12(16)7-10/h5-7H,8-9H2,1-4H3,(H3,17,18). The number of halogens is 1. The third-order valence-corrected chi connectivity index (χ3v) is 3.96. The summed E-state index contributed by atoms with van der Waals surface area (Å²) in [6.07, 6.45) is 0. The molecule has 0 atom stereocenters. The Labute approximate surface area is 128 Å². The van der Waals surface area contributed by atoms with E-state index in [0.29, 0.717) is 0 Å². The molecule has 1 saturated heterocycles. The number of anilines is 1. The van der Waals surface area contributed by atoms with Crippen LogP contribution >= 0.6 is 15.9 Å². The fourth-order valence-electron chi connectivity index (χ4n) is 2.89. The summed E-state index contributed by atoms with van der Waals surface area (Å²) in [5.41, 5.74) is 7.01. The lowest BCUT2D eigenvalue weighted by Gasteiger charge is -2.48. The zero-order valence-electron chi connectivity index (χ0n) is 12.5. The van der Waals surface area contributed by atoms with Crippen molar-refractivity contribution in [3.63, 3.8) is 0 Å². The maximum absolute atomic E-state index is 7.53. The van der Waals surface area contributed by atoms with Gasteiger partial charge in [0.25, 0.3) is 0 Å². The van der Waals surface area contributed by atoms with Gasteiger partial charge >= 0.3 is 0 Å². The number of hydrogen-bond donors (Lipinski definition) is 2. The number of hydrogen-bond acceptors (Lipinski definition) is 3. The maximum Gasteiger partial charge on any atom is 0.123 e. The Kier molecular flexibility index (Phi) is 3.86. The first-order valence-electron chi connectivity index (χ1n) is 6.69. The van der Waals surface area contributed by atoms with Crippen molar-refractivity contribution in [2.45, 2.75) is 38.9 Å². The van der Waals surface area contributed by atoms with E-state index < -0.39 is 0 Å². The van der Waals surface area contributed by atoms with Gasteiger partial charge in [0, 0.05) is 28.8 Å². The van der Waals surface area contributed by atoms with Crippen LogP contribution < -0.4 is 10.6 Å². The van der Waals surface area contributed by atoms with Crippen LogP contribution in [-0.2, 0) is 4.74 Å². The first-order chi connectivity index (χ1) is 9.10. The molecule has 1 aliphatic heterocycles. The molecule has 4 nitrogen and oxygen atoms in total. The number of ether oxygens (including phenoxy) is 1. The van der Waals surface area contributed by atoms with E-state index >= 15 is 0 Å². The first-order valence-corrected chi connectivity index (χ1v) is 7.48. The Balaban J connectivity index is 2.32. The van der Waals surface area contributed by atoms with Gasteiger partial charge in [0.1, 0.15) is 5.84 Å². The average Bonchev–Trinajstić information content (AvgIpc) is 2.23. The number of amidine groups is 1. The highest BCUT2D eigenvalue weighted by atomic mass is 79.9. The van der Waals surface area contributed by atoms with Crippen LogP contribution in [0.15, 0.2) is 22.7 Å². The van der Waals surface area contributed by atoms with Gasteiger partial charge in [0.05, 0.1) is 11.2 Å². The molecular weight excluding hydrogens is 318 g/mol. The number of rotatable bonds is 2. The Morgan fingerprint density at radius 3 is 2.25 bits per heavy atom. The minimum absolute atomic E-state index is 0.0751. The summed E-state index contributed by atoms with van der Waals surface area (Å²) in [7, 11) is 0. The van der Waals surface area contributed by atoms with Crippen molar-refractivity contribution in [1.82, 2.24) is 0 Å². The highest BCUT2D eigenvalue weighted by molar-refractivity contribution is 9.10. The average molecular weight is 340 g/mol. The highest BCUT2D eigenvalue weighted by Gasteiger charge is 2.38. The number of nitrogens with two attached hydrogens (primary N) is 1. The summed E-state index contributed by atoms with van der Waals surface area (Å²) in [6.45, 7) is 10.1. The molecule has 0 aliphatic carbocycles. The third-order valence-electron chi connectivity index (χ3n) is 3.30. The Bertz CT molecular complexity index is 524. The van der Waals surface area contributed by atoms with Crippen LogP contribution in [0.4, 0.5) is 5.69 Å².